The summed E-state index contributed by atoms with van der Waals surface area (Å²) in [5, 5.41) is 9.84. The molecule has 82 valence electrons. The van der Waals surface area contributed by atoms with Gasteiger partial charge >= 0.3 is 0 Å². The van der Waals surface area contributed by atoms with E-state index in [1.165, 1.54) is 0 Å². The van der Waals surface area contributed by atoms with E-state index in [2.05, 4.69) is 15.0 Å². The lowest BCUT2D eigenvalue weighted by Crippen LogP contribution is -2.13. The smallest absolute Gasteiger partial charge is 0.178 e. The highest BCUT2D eigenvalue weighted by Crippen LogP contribution is 2.33. The van der Waals surface area contributed by atoms with E-state index < -0.39 is 0 Å². The van der Waals surface area contributed by atoms with E-state index in [0.29, 0.717) is 18.0 Å². The van der Waals surface area contributed by atoms with Crippen molar-refractivity contribution in [2.45, 2.75) is 25.4 Å². The molecule has 0 saturated heterocycles. The molecule has 4 nitrogen and oxygen atoms in total. The number of aliphatic hydroxyl groups is 1. The number of hydrogen-bond donors (Lipinski definition) is 1. The van der Waals surface area contributed by atoms with E-state index in [1.54, 1.807) is 12.4 Å². The van der Waals surface area contributed by atoms with E-state index in [1.807, 2.05) is 12.1 Å². The molecule has 0 aliphatic heterocycles. The number of nitrogens with zero attached hydrogens (tertiary/aromatic N) is 3. The molecule has 2 aromatic heterocycles. The van der Waals surface area contributed by atoms with Gasteiger partial charge in [-0.05, 0) is 30.9 Å². The van der Waals surface area contributed by atoms with Crippen molar-refractivity contribution >= 4 is 11.2 Å². The lowest BCUT2D eigenvalue weighted by molar-refractivity contribution is 0.150. The molecule has 1 N–H and O–H groups in total. The van der Waals surface area contributed by atoms with Crippen LogP contribution in [0.3, 0.4) is 0 Å². The molecule has 3 rings (SSSR count). The Morgan fingerprint density at radius 3 is 2.88 bits per heavy atom. The van der Waals surface area contributed by atoms with Crippen LogP contribution in [0.15, 0.2) is 24.5 Å². The lowest BCUT2D eigenvalue weighted by atomic mass is 10.1. The summed E-state index contributed by atoms with van der Waals surface area (Å²) in [4.78, 5) is 12.7. The van der Waals surface area contributed by atoms with Crippen LogP contribution in [0.4, 0.5) is 0 Å². The summed E-state index contributed by atoms with van der Waals surface area (Å²) < 4.78 is 0. The van der Waals surface area contributed by atoms with Crippen LogP contribution in [0.5, 0.6) is 0 Å². The van der Waals surface area contributed by atoms with Gasteiger partial charge in [-0.1, -0.05) is 0 Å². The van der Waals surface area contributed by atoms with Gasteiger partial charge in [0.15, 0.2) is 5.65 Å². The van der Waals surface area contributed by atoms with Crippen LogP contribution in [0.1, 0.15) is 18.5 Å². The third kappa shape index (κ3) is 1.88. The van der Waals surface area contributed by atoms with E-state index in [0.717, 1.165) is 24.1 Å². The second kappa shape index (κ2) is 3.79. The second-order valence-electron chi connectivity index (χ2n) is 4.31. The lowest BCUT2D eigenvalue weighted by Gasteiger charge is -2.08. The van der Waals surface area contributed by atoms with Crippen LogP contribution in [0.2, 0.25) is 0 Å². The van der Waals surface area contributed by atoms with Gasteiger partial charge in [-0.3, -0.25) is 4.98 Å². The first-order chi connectivity index (χ1) is 7.83. The van der Waals surface area contributed by atoms with E-state index in [4.69, 9.17) is 0 Å². The van der Waals surface area contributed by atoms with Gasteiger partial charge in [0.25, 0.3) is 0 Å². The van der Waals surface area contributed by atoms with Crippen LogP contribution >= 0.6 is 0 Å². The first kappa shape index (κ1) is 9.66. The Bertz CT molecular complexity index is 510. The highest BCUT2D eigenvalue weighted by molar-refractivity contribution is 5.68. The first-order valence-electron chi connectivity index (χ1n) is 5.57. The van der Waals surface area contributed by atoms with E-state index in [9.17, 15) is 5.11 Å². The average molecular weight is 215 g/mol. The second-order valence-corrected chi connectivity index (χ2v) is 4.31. The summed E-state index contributed by atoms with van der Waals surface area (Å²) in [6, 6.07) is 3.83. The maximum absolute atomic E-state index is 9.84. The molecule has 1 aliphatic carbocycles. The zero-order valence-electron chi connectivity index (χ0n) is 8.87. The highest BCUT2D eigenvalue weighted by Gasteiger charge is 2.29. The molecule has 1 unspecified atom stereocenters. The maximum Gasteiger partial charge on any atom is 0.178 e. The summed E-state index contributed by atoms with van der Waals surface area (Å²) in [6.45, 7) is 0. The van der Waals surface area contributed by atoms with Crippen molar-refractivity contribution < 1.29 is 5.11 Å². The van der Waals surface area contributed by atoms with Crippen molar-refractivity contribution in [1.82, 2.24) is 15.0 Å². The number of rotatable bonds is 3. The molecule has 4 heteroatoms. The molecule has 0 amide bonds. The molecule has 1 fully saturated rings. The molecule has 16 heavy (non-hydrogen) atoms. The van der Waals surface area contributed by atoms with Crippen molar-refractivity contribution in [1.29, 1.82) is 0 Å². The Morgan fingerprint density at radius 1 is 1.25 bits per heavy atom. The molecule has 2 heterocycles. The molecule has 0 radical (unpaired) electrons. The minimum Gasteiger partial charge on any atom is -0.392 e. The van der Waals surface area contributed by atoms with Crippen LogP contribution in [-0.2, 0) is 6.42 Å². The summed E-state index contributed by atoms with van der Waals surface area (Å²) in [6.07, 6.45) is 5.96. The standard InChI is InChI=1S/C12H13N3O/c16-11(8-1-2-8)7-9-3-4-10-12(15-9)14-6-5-13-10/h3-6,8,11,16H,1-2,7H2. The van der Waals surface area contributed by atoms with Gasteiger partial charge in [-0.15, -0.1) is 0 Å². The largest absolute Gasteiger partial charge is 0.392 e. The minimum absolute atomic E-state index is 0.248. The van der Waals surface area contributed by atoms with Crippen molar-refractivity contribution in [3.05, 3.63) is 30.2 Å². The third-order valence-corrected chi connectivity index (χ3v) is 2.97. The molecule has 0 bridgehead atoms. The quantitative estimate of drug-likeness (QED) is 0.839. The van der Waals surface area contributed by atoms with Crippen molar-refractivity contribution in [2.24, 2.45) is 5.92 Å². The molecule has 2 aromatic rings. The molecule has 0 spiro atoms. The maximum atomic E-state index is 9.84. The fourth-order valence-corrected chi connectivity index (χ4v) is 1.87. The molecule has 0 aromatic carbocycles. The molecule has 1 saturated carbocycles. The zero-order valence-corrected chi connectivity index (χ0v) is 8.87. The van der Waals surface area contributed by atoms with Crippen molar-refractivity contribution in [2.75, 3.05) is 0 Å². The Hall–Kier alpha value is -1.55. The van der Waals surface area contributed by atoms with Crippen LogP contribution in [0, 0.1) is 5.92 Å². The number of aliphatic hydroxyl groups excluding tert-OH is 1. The van der Waals surface area contributed by atoms with Gasteiger partial charge in [0, 0.05) is 24.5 Å². The van der Waals surface area contributed by atoms with Gasteiger partial charge in [0.1, 0.15) is 5.52 Å². The van der Waals surface area contributed by atoms with Crippen LogP contribution in [-0.4, -0.2) is 26.2 Å². The zero-order chi connectivity index (χ0) is 11.0. The number of aromatic nitrogens is 3. The number of pyridine rings is 1. The Balaban J connectivity index is 1.86. The highest BCUT2D eigenvalue weighted by atomic mass is 16.3. The summed E-state index contributed by atoms with van der Waals surface area (Å²) in [5.74, 6) is 0.486. The molecular weight excluding hydrogens is 202 g/mol. The number of hydrogen-bond acceptors (Lipinski definition) is 4. The Labute approximate surface area is 93.4 Å². The van der Waals surface area contributed by atoms with Crippen molar-refractivity contribution in [3.63, 3.8) is 0 Å². The van der Waals surface area contributed by atoms with Crippen LogP contribution < -0.4 is 0 Å². The number of fused-ring (bicyclic) bond motifs is 1. The normalized spacial score (nSPS) is 17.6. The average Bonchev–Trinajstić information content (AvgIpc) is 3.12. The molecule has 1 atom stereocenters. The predicted molar refractivity (Wildman–Crippen MR) is 59.8 cm³/mol. The fraction of sp³-hybridized carbons (Fsp3) is 0.417. The van der Waals surface area contributed by atoms with Gasteiger partial charge < -0.3 is 5.11 Å². The van der Waals surface area contributed by atoms with Crippen LogP contribution in [0.25, 0.3) is 11.2 Å². The van der Waals surface area contributed by atoms with Crippen molar-refractivity contribution in [3.8, 4) is 0 Å². The van der Waals surface area contributed by atoms with Gasteiger partial charge in [0.05, 0.1) is 6.10 Å². The van der Waals surface area contributed by atoms with E-state index in [-0.39, 0.29) is 6.10 Å². The Kier molecular flexibility index (Phi) is 2.29. The van der Waals surface area contributed by atoms with Gasteiger partial charge in [-0.2, -0.15) is 0 Å². The predicted octanol–water partition coefficient (Wildman–Crippen LogP) is 1.34. The summed E-state index contributed by atoms with van der Waals surface area (Å²) in [5.41, 5.74) is 2.35. The first-order valence-corrected chi connectivity index (χ1v) is 5.57. The minimum atomic E-state index is -0.248. The third-order valence-electron chi connectivity index (χ3n) is 2.97. The van der Waals surface area contributed by atoms with Gasteiger partial charge in [0.2, 0.25) is 0 Å². The SMILES string of the molecule is OC(Cc1ccc2nccnc2n1)C1CC1. The summed E-state index contributed by atoms with van der Waals surface area (Å²) in [7, 11) is 0. The van der Waals surface area contributed by atoms with E-state index >= 15 is 0 Å². The summed E-state index contributed by atoms with van der Waals surface area (Å²) >= 11 is 0. The Morgan fingerprint density at radius 2 is 2.06 bits per heavy atom. The monoisotopic (exact) mass is 215 g/mol. The molecular formula is C12H13N3O. The fourth-order valence-electron chi connectivity index (χ4n) is 1.87. The van der Waals surface area contributed by atoms with Gasteiger partial charge in [-0.25, -0.2) is 9.97 Å². The molecule has 1 aliphatic rings. The topological polar surface area (TPSA) is 58.9 Å².